The molecule has 0 atom stereocenters. The summed E-state index contributed by atoms with van der Waals surface area (Å²) in [4.78, 5) is 20.9. The van der Waals surface area contributed by atoms with Gasteiger partial charge in [-0.3, -0.25) is 4.79 Å². The zero-order valence-electron chi connectivity index (χ0n) is 12.2. The van der Waals surface area contributed by atoms with Gasteiger partial charge in [0.2, 0.25) is 0 Å². The van der Waals surface area contributed by atoms with Gasteiger partial charge in [-0.2, -0.15) is 0 Å². The van der Waals surface area contributed by atoms with E-state index in [4.69, 9.17) is 0 Å². The molecule has 7 heteroatoms. The van der Waals surface area contributed by atoms with Crippen LogP contribution in [0, 0.1) is 6.92 Å². The number of halogens is 1. The normalized spacial score (nSPS) is 10.3. The van der Waals surface area contributed by atoms with E-state index in [1.165, 1.54) is 11.3 Å². The molecule has 0 bridgehead atoms. The summed E-state index contributed by atoms with van der Waals surface area (Å²) in [5, 5.41) is 8.26. The Kier molecular flexibility index (Phi) is 4.68. The second-order valence-corrected chi connectivity index (χ2v) is 6.57. The Morgan fingerprint density at radius 2 is 2.00 bits per heavy atom. The van der Waals surface area contributed by atoms with Gasteiger partial charge in [0.1, 0.15) is 11.5 Å². The number of rotatable bonds is 4. The summed E-state index contributed by atoms with van der Waals surface area (Å²) in [6, 6.07) is 13.1. The Morgan fingerprint density at radius 3 is 2.78 bits per heavy atom. The van der Waals surface area contributed by atoms with Crippen LogP contribution in [-0.4, -0.2) is 15.9 Å². The maximum atomic E-state index is 12.2. The third-order valence-electron chi connectivity index (χ3n) is 2.94. The zero-order chi connectivity index (χ0) is 16.2. The van der Waals surface area contributed by atoms with Crippen molar-refractivity contribution in [2.24, 2.45) is 0 Å². The lowest BCUT2D eigenvalue weighted by Crippen LogP contribution is -2.12. The van der Waals surface area contributed by atoms with Crippen LogP contribution in [0.2, 0.25) is 0 Å². The molecule has 0 aliphatic carbocycles. The largest absolute Gasteiger partial charge is 0.321 e. The highest BCUT2D eigenvalue weighted by Gasteiger charge is 2.11. The lowest BCUT2D eigenvalue weighted by molar-refractivity contribution is 0.102. The summed E-state index contributed by atoms with van der Waals surface area (Å²) >= 11 is 4.73. The van der Waals surface area contributed by atoms with Crippen molar-refractivity contribution in [1.82, 2.24) is 9.97 Å². The molecular formula is C16H13BrN4OS. The van der Waals surface area contributed by atoms with Gasteiger partial charge in [-0.1, -0.05) is 28.1 Å². The number of carbonyl (C=O) groups is 1. The number of amides is 1. The molecule has 116 valence electrons. The van der Waals surface area contributed by atoms with E-state index in [0.717, 1.165) is 10.2 Å². The van der Waals surface area contributed by atoms with Crippen molar-refractivity contribution in [2.45, 2.75) is 6.92 Å². The molecule has 3 aromatic rings. The average molecular weight is 389 g/mol. The molecule has 23 heavy (non-hydrogen) atoms. The molecule has 2 aromatic heterocycles. The lowest BCUT2D eigenvalue weighted by Gasteiger charge is -2.03. The molecular weight excluding hydrogens is 376 g/mol. The highest BCUT2D eigenvalue weighted by molar-refractivity contribution is 9.10. The van der Waals surface area contributed by atoms with Crippen molar-refractivity contribution in [3.05, 3.63) is 63.7 Å². The second-order valence-electron chi connectivity index (χ2n) is 4.79. The zero-order valence-corrected chi connectivity index (χ0v) is 14.6. The quantitative estimate of drug-likeness (QED) is 0.684. The van der Waals surface area contributed by atoms with E-state index in [1.807, 2.05) is 49.4 Å². The van der Waals surface area contributed by atoms with Gasteiger partial charge in [-0.25, -0.2) is 9.97 Å². The molecule has 0 saturated carbocycles. The first kappa shape index (κ1) is 15.6. The van der Waals surface area contributed by atoms with Crippen LogP contribution in [0.4, 0.5) is 16.6 Å². The van der Waals surface area contributed by atoms with Crippen LogP contribution >= 0.6 is 27.3 Å². The fourth-order valence-electron chi connectivity index (χ4n) is 1.92. The predicted octanol–water partition coefficient (Wildman–Crippen LogP) is 4.60. The summed E-state index contributed by atoms with van der Waals surface area (Å²) in [6.45, 7) is 1.92. The van der Waals surface area contributed by atoms with Crippen LogP contribution in [0.5, 0.6) is 0 Å². The van der Waals surface area contributed by atoms with Gasteiger partial charge in [0, 0.05) is 21.2 Å². The van der Waals surface area contributed by atoms with E-state index in [0.29, 0.717) is 22.3 Å². The highest BCUT2D eigenvalue weighted by atomic mass is 79.9. The number of carbonyl (C=O) groups excluding carboxylic acids is 1. The summed E-state index contributed by atoms with van der Waals surface area (Å²) in [5.41, 5.74) is 2.00. The number of thiazole rings is 1. The van der Waals surface area contributed by atoms with Crippen molar-refractivity contribution in [3.8, 4) is 0 Å². The summed E-state index contributed by atoms with van der Waals surface area (Å²) in [6.07, 6.45) is 0. The Hall–Kier alpha value is -2.25. The monoisotopic (exact) mass is 388 g/mol. The Morgan fingerprint density at radius 1 is 1.17 bits per heavy atom. The van der Waals surface area contributed by atoms with E-state index in [-0.39, 0.29) is 5.91 Å². The molecule has 0 fully saturated rings. The molecule has 0 saturated heterocycles. The number of nitrogens with one attached hydrogen (secondary N) is 2. The summed E-state index contributed by atoms with van der Waals surface area (Å²) in [7, 11) is 0. The van der Waals surface area contributed by atoms with Crippen LogP contribution in [-0.2, 0) is 0 Å². The Labute approximate surface area is 145 Å². The van der Waals surface area contributed by atoms with Gasteiger partial charge in [0.05, 0.1) is 0 Å². The first-order valence-corrected chi connectivity index (χ1v) is 8.50. The van der Waals surface area contributed by atoms with Gasteiger partial charge in [0.15, 0.2) is 5.13 Å². The van der Waals surface area contributed by atoms with Crippen LogP contribution in [0.3, 0.4) is 0 Å². The molecule has 0 radical (unpaired) electrons. The minimum Gasteiger partial charge on any atom is -0.321 e. The van der Waals surface area contributed by atoms with Crippen molar-refractivity contribution in [2.75, 3.05) is 10.6 Å². The topological polar surface area (TPSA) is 66.9 Å². The molecule has 5 nitrogen and oxygen atoms in total. The average Bonchev–Trinajstić information content (AvgIpc) is 2.96. The van der Waals surface area contributed by atoms with Crippen molar-refractivity contribution in [3.63, 3.8) is 0 Å². The maximum absolute atomic E-state index is 12.2. The van der Waals surface area contributed by atoms with Gasteiger partial charge < -0.3 is 10.6 Å². The molecule has 2 N–H and O–H groups in total. The van der Waals surface area contributed by atoms with Crippen LogP contribution in [0.25, 0.3) is 0 Å². The molecule has 1 amide bonds. The van der Waals surface area contributed by atoms with Crippen LogP contribution in [0.15, 0.2) is 52.3 Å². The molecule has 0 spiro atoms. The van der Waals surface area contributed by atoms with Crippen LogP contribution < -0.4 is 10.6 Å². The van der Waals surface area contributed by atoms with Crippen molar-refractivity contribution >= 4 is 49.8 Å². The fraction of sp³-hybridized carbons (Fsp3) is 0.0625. The number of hydrogen-bond donors (Lipinski definition) is 2. The van der Waals surface area contributed by atoms with Gasteiger partial charge >= 0.3 is 0 Å². The van der Waals surface area contributed by atoms with Gasteiger partial charge in [-0.15, -0.1) is 11.3 Å². The Balaban J connectivity index is 1.70. The van der Waals surface area contributed by atoms with Crippen molar-refractivity contribution in [1.29, 1.82) is 0 Å². The van der Waals surface area contributed by atoms with E-state index < -0.39 is 0 Å². The number of anilines is 3. The lowest BCUT2D eigenvalue weighted by atomic mass is 10.3. The number of pyridine rings is 1. The number of hydrogen-bond acceptors (Lipinski definition) is 5. The number of aromatic nitrogens is 2. The fourth-order valence-corrected chi connectivity index (χ4v) is 3.02. The summed E-state index contributed by atoms with van der Waals surface area (Å²) in [5.74, 6) is 0.461. The minimum atomic E-state index is -0.246. The van der Waals surface area contributed by atoms with Gasteiger partial charge in [-0.05, 0) is 37.3 Å². The molecule has 0 unspecified atom stereocenters. The molecule has 1 aromatic carbocycles. The van der Waals surface area contributed by atoms with Gasteiger partial charge in [0.25, 0.3) is 5.91 Å². The van der Waals surface area contributed by atoms with E-state index in [9.17, 15) is 4.79 Å². The van der Waals surface area contributed by atoms with Crippen molar-refractivity contribution < 1.29 is 4.79 Å². The van der Waals surface area contributed by atoms with E-state index in [2.05, 4.69) is 36.5 Å². The molecule has 0 aliphatic rings. The maximum Gasteiger partial charge on any atom is 0.275 e. The third kappa shape index (κ3) is 4.14. The minimum absolute atomic E-state index is 0.246. The SMILES string of the molecule is Cc1cccc(Nc2nc(C(=O)Nc3cccc(Br)c3)cs2)n1. The summed E-state index contributed by atoms with van der Waals surface area (Å²) < 4.78 is 0.904. The molecule has 3 rings (SSSR count). The standard InChI is InChI=1S/C16H13BrN4OS/c1-10-4-2-7-14(18-10)21-16-20-13(9-23-16)15(22)19-12-6-3-5-11(17)8-12/h2-9H,1H3,(H,19,22)(H,18,20,21). The van der Waals surface area contributed by atoms with Crippen LogP contribution in [0.1, 0.15) is 16.2 Å². The number of benzene rings is 1. The highest BCUT2D eigenvalue weighted by Crippen LogP contribution is 2.21. The van der Waals surface area contributed by atoms with E-state index >= 15 is 0 Å². The molecule has 0 aliphatic heterocycles. The Bertz CT molecular complexity index is 849. The van der Waals surface area contributed by atoms with E-state index in [1.54, 1.807) is 5.38 Å². The predicted molar refractivity (Wildman–Crippen MR) is 96.5 cm³/mol. The number of nitrogens with zero attached hydrogens (tertiary/aromatic N) is 2. The first-order valence-electron chi connectivity index (χ1n) is 6.83. The smallest absolute Gasteiger partial charge is 0.275 e. The number of aryl methyl sites for hydroxylation is 1. The first-order chi connectivity index (χ1) is 11.1. The second kappa shape index (κ2) is 6.89. The third-order valence-corrected chi connectivity index (χ3v) is 4.19. The molecule has 2 heterocycles.